The molecule has 0 spiro atoms. The Bertz CT molecular complexity index is 3450. The van der Waals surface area contributed by atoms with Gasteiger partial charge >= 0.3 is 0 Å². The average molecular weight is 730 g/mol. The average Bonchev–Trinajstić information content (AvgIpc) is 3.94. The van der Waals surface area contributed by atoms with E-state index < -0.39 is 0 Å². The maximum atomic E-state index is 6.50. The zero-order valence-electron chi connectivity index (χ0n) is 30.5. The molecule has 0 saturated carbocycles. The van der Waals surface area contributed by atoms with E-state index in [1.54, 1.807) is 0 Å². The summed E-state index contributed by atoms with van der Waals surface area (Å²) in [5, 5.41) is 6.87. The van der Waals surface area contributed by atoms with E-state index in [0.29, 0.717) is 17.5 Å². The van der Waals surface area contributed by atoms with Gasteiger partial charge in [0, 0.05) is 60.4 Å². The van der Waals surface area contributed by atoms with Crippen molar-refractivity contribution in [1.82, 2.24) is 24.1 Å². The monoisotopic (exact) mass is 729 g/mol. The van der Waals surface area contributed by atoms with Crippen LogP contribution < -0.4 is 0 Å². The molecule has 0 atom stereocenters. The van der Waals surface area contributed by atoms with E-state index in [9.17, 15) is 0 Å². The predicted octanol–water partition coefficient (Wildman–Crippen LogP) is 13.0. The number of para-hydroxylation sites is 3. The molecule has 0 bridgehead atoms. The van der Waals surface area contributed by atoms with Crippen LogP contribution in [0.4, 0.5) is 0 Å². The normalized spacial score (nSPS) is 11.9. The summed E-state index contributed by atoms with van der Waals surface area (Å²) < 4.78 is 11.3. The molecular weight excluding hydrogens is 699 g/mol. The molecule has 0 aliphatic carbocycles. The second kappa shape index (κ2) is 12.3. The highest BCUT2D eigenvalue weighted by Crippen LogP contribution is 2.42. The van der Waals surface area contributed by atoms with Crippen LogP contribution in [0.3, 0.4) is 0 Å². The molecule has 6 nitrogen and oxygen atoms in total. The lowest BCUT2D eigenvalue weighted by molar-refractivity contribution is 0.669. The molecule has 0 radical (unpaired) electrons. The number of benzene rings is 8. The van der Waals surface area contributed by atoms with E-state index in [1.807, 2.05) is 72.8 Å². The lowest BCUT2D eigenvalue weighted by Gasteiger charge is -2.12. The summed E-state index contributed by atoms with van der Waals surface area (Å²) in [6, 6.07) is 65.6. The second-order valence-corrected chi connectivity index (χ2v) is 14.4. The van der Waals surface area contributed by atoms with Gasteiger partial charge in [-0.15, -0.1) is 0 Å². The fraction of sp³-hybridized carbons (Fsp3) is 0. The Morgan fingerprint density at radius 3 is 1.35 bits per heavy atom. The SMILES string of the molecule is c1ccc(-c2nc(-c3ccccc3)nc(-c3ccc4oc5ccc(-n6c7ccccc7c7ccc8c9ccccc9n(-c9ccccc9)c8c76)cc5c4c3)n2)cc1. The van der Waals surface area contributed by atoms with Gasteiger partial charge in [-0.25, -0.2) is 15.0 Å². The van der Waals surface area contributed by atoms with Crippen LogP contribution in [-0.2, 0) is 0 Å². The van der Waals surface area contributed by atoms with Crippen LogP contribution in [0.25, 0.3) is 111 Å². The molecule has 0 amide bonds. The molecule has 0 unspecified atom stereocenters. The van der Waals surface area contributed by atoms with Crippen LogP contribution in [0.5, 0.6) is 0 Å². The first kappa shape index (κ1) is 31.5. The van der Waals surface area contributed by atoms with Gasteiger partial charge in [-0.1, -0.05) is 127 Å². The van der Waals surface area contributed by atoms with Crippen LogP contribution in [0.1, 0.15) is 0 Å². The quantitative estimate of drug-likeness (QED) is 0.177. The molecule has 0 aliphatic heterocycles. The second-order valence-electron chi connectivity index (χ2n) is 14.4. The zero-order chi connectivity index (χ0) is 37.5. The Kier molecular flexibility index (Phi) is 6.83. The van der Waals surface area contributed by atoms with Crippen molar-refractivity contribution < 1.29 is 4.42 Å². The third kappa shape index (κ3) is 4.87. The summed E-state index contributed by atoms with van der Waals surface area (Å²) in [5.41, 5.74) is 11.2. The number of rotatable bonds is 5. The fourth-order valence-electron chi connectivity index (χ4n) is 8.60. The highest BCUT2D eigenvalue weighted by atomic mass is 16.3. The molecule has 4 heterocycles. The summed E-state index contributed by atoms with van der Waals surface area (Å²) >= 11 is 0. The van der Waals surface area contributed by atoms with E-state index in [2.05, 4.69) is 124 Å². The summed E-state index contributed by atoms with van der Waals surface area (Å²) in [6.45, 7) is 0. The Morgan fingerprint density at radius 1 is 0.316 bits per heavy atom. The number of furan rings is 1. The minimum Gasteiger partial charge on any atom is -0.456 e. The molecule has 0 saturated heterocycles. The number of hydrogen-bond acceptors (Lipinski definition) is 4. The Labute approximate surface area is 326 Å². The lowest BCUT2D eigenvalue weighted by atomic mass is 10.1. The summed E-state index contributed by atoms with van der Waals surface area (Å²) in [4.78, 5) is 14.9. The van der Waals surface area contributed by atoms with Gasteiger partial charge in [0.15, 0.2) is 17.5 Å². The first-order valence-corrected chi connectivity index (χ1v) is 19.1. The molecule has 266 valence electrons. The molecule has 0 N–H and O–H groups in total. The maximum Gasteiger partial charge on any atom is 0.164 e. The number of hydrogen-bond donors (Lipinski definition) is 0. The molecule has 6 heteroatoms. The summed E-state index contributed by atoms with van der Waals surface area (Å²) in [6.07, 6.45) is 0. The molecular formula is C51H31N5O. The summed E-state index contributed by atoms with van der Waals surface area (Å²) in [7, 11) is 0. The van der Waals surface area contributed by atoms with E-state index in [-0.39, 0.29) is 0 Å². The van der Waals surface area contributed by atoms with Crippen molar-refractivity contribution in [3.63, 3.8) is 0 Å². The topological polar surface area (TPSA) is 61.7 Å². The van der Waals surface area contributed by atoms with Crippen molar-refractivity contribution in [2.75, 3.05) is 0 Å². The first-order valence-electron chi connectivity index (χ1n) is 19.1. The minimum absolute atomic E-state index is 0.605. The van der Waals surface area contributed by atoms with Crippen molar-refractivity contribution in [3.8, 4) is 45.5 Å². The van der Waals surface area contributed by atoms with Crippen molar-refractivity contribution in [3.05, 3.63) is 188 Å². The Morgan fingerprint density at radius 2 is 0.772 bits per heavy atom. The third-order valence-corrected chi connectivity index (χ3v) is 11.2. The predicted molar refractivity (Wildman–Crippen MR) is 232 cm³/mol. The molecule has 12 rings (SSSR count). The van der Waals surface area contributed by atoms with Gasteiger partial charge in [0.25, 0.3) is 0 Å². The van der Waals surface area contributed by atoms with E-state index in [0.717, 1.165) is 61.0 Å². The molecule has 0 fully saturated rings. The molecule has 12 aromatic rings. The third-order valence-electron chi connectivity index (χ3n) is 11.2. The van der Waals surface area contributed by atoms with E-state index >= 15 is 0 Å². The van der Waals surface area contributed by atoms with Crippen molar-refractivity contribution >= 4 is 65.6 Å². The van der Waals surface area contributed by atoms with E-state index in [4.69, 9.17) is 19.4 Å². The first-order chi connectivity index (χ1) is 28.3. The Balaban J connectivity index is 1.11. The largest absolute Gasteiger partial charge is 0.456 e. The van der Waals surface area contributed by atoms with Crippen LogP contribution >= 0.6 is 0 Å². The number of nitrogens with zero attached hydrogens (tertiary/aromatic N) is 5. The Hall–Kier alpha value is -7.83. The van der Waals surface area contributed by atoms with Crippen molar-refractivity contribution in [1.29, 1.82) is 0 Å². The highest BCUT2D eigenvalue weighted by Gasteiger charge is 2.22. The zero-order valence-corrected chi connectivity index (χ0v) is 30.5. The van der Waals surface area contributed by atoms with Gasteiger partial charge in [0.05, 0.1) is 22.1 Å². The smallest absolute Gasteiger partial charge is 0.164 e. The van der Waals surface area contributed by atoms with Gasteiger partial charge in [-0.05, 0) is 60.7 Å². The number of aromatic nitrogens is 5. The molecule has 8 aromatic carbocycles. The minimum atomic E-state index is 0.605. The van der Waals surface area contributed by atoms with Crippen molar-refractivity contribution in [2.24, 2.45) is 0 Å². The summed E-state index contributed by atoms with van der Waals surface area (Å²) in [5.74, 6) is 1.86. The molecule has 57 heavy (non-hydrogen) atoms. The van der Waals surface area contributed by atoms with Gasteiger partial charge in [0.1, 0.15) is 11.2 Å². The van der Waals surface area contributed by atoms with Gasteiger partial charge in [-0.3, -0.25) is 0 Å². The fourth-order valence-corrected chi connectivity index (χ4v) is 8.60. The van der Waals surface area contributed by atoms with Crippen LogP contribution in [-0.4, -0.2) is 24.1 Å². The van der Waals surface area contributed by atoms with Crippen molar-refractivity contribution in [2.45, 2.75) is 0 Å². The van der Waals surface area contributed by atoms with Crippen LogP contribution in [0.15, 0.2) is 192 Å². The maximum absolute atomic E-state index is 6.50. The van der Waals surface area contributed by atoms with Crippen LogP contribution in [0, 0.1) is 0 Å². The number of fused-ring (bicyclic) bond motifs is 10. The standard InChI is InChI=1S/C51H31N5O/c1-4-14-32(15-5-1)49-52-50(33-16-6-2-7-17-33)54-51(53-49)34-24-28-45-41(30-34)42-31-36(25-29-46(42)57-45)56-44-23-13-11-21-38(44)40-27-26-39-37-20-10-12-22-43(37)55(47(39)48(40)56)35-18-8-3-9-19-35/h1-31H. The highest BCUT2D eigenvalue weighted by molar-refractivity contribution is 6.24. The molecule has 4 aromatic heterocycles. The van der Waals surface area contributed by atoms with Gasteiger partial charge in [0.2, 0.25) is 0 Å². The van der Waals surface area contributed by atoms with Gasteiger partial charge < -0.3 is 13.6 Å². The lowest BCUT2D eigenvalue weighted by Crippen LogP contribution is -2.00. The molecule has 0 aliphatic rings. The van der Waals surface area contributed by atoms with Gasteiger partial charge in [-0.2, -0.15) is 0 Å². The van der Waals surface area contributed by atoms with E-state index in [1.165, 1.54) is 32.6 Å². The van der Waals surface area contributed by atoms with Crippen LogP contribution in [0.2, 0.25) is 0 Å².